The number of amides is 1. The van der Waals surface area contributed by atoms with E-state index in [-0.39, 0.29) is 11.7 Å². The first-order valence-electron chi connectivity index (χ1n) is 6.05. The van der Waals surface area contributed by atoms with E-state index < -0.39 is 0 Å². The fourth-order valence-electron chi connectivity index (χ4n) is 1.69. The molecule has 2 nitrogen and oxygen atoms in total. The Morgan fingerprint density at radius 3 is 2.55 bits per heavy atom. The molecule has 2 rings (SSSR count). The quantitative estimate of drug-likeness (QED) is 0.620. The first-order chi connectivity index (χ1) is 9.54. The topological polar surface area (TPSA) is 29.1 Å². The first kappa shape index (κ1) is 14.7. The Labute approximate surface area is 130 Å². The maximum atomic E-state index is 12.7. The zero-order chi connectivity index (χ0) is 14.5. The Kier molecular flexibility index (Phi) is 4.89. The first-order valence-corrected chi connectivity index (χ1v) is 7.13. The number of carbonyl (C=O) groups is 1. The minimum atomic E-state index is -0.291. The zero-order valence-corrected chi connectivity index (χ0v) is 13.0. The van der Waals surface area contributed by atoms with Crippen LogP contribution in [0, 0.1) is 16.3 Å². The molecule has 2 aromatic rings. The largest absolute Gasteiger partial charge is 0.322 e. The molecule has 0 fully saturated rings. The molecule has 0 spiro atoms. The average molecular weight is 381 g/mol. The molecule has 2 aromatic carbocycles. The van der Waals surface area contributed by atoms with Crippen LogP contribution in [0.3, 0.4) is 0 Å². The van der Waals surface area contributed by atoms with Gasteiger partial charge in [0.25, 0.3) is 0 Å². The van der Waals surface area contributed by atoms with Gasteiger partial charge in [-0.3, -0.25) is 4.79 Å². The van der Waals surface area contributed by atoms with Gasteiger partial charge in [0.15, 0.2) is 0 Å². The number of anilines is 1. The number of hydrogen-bond donors (Lipinski definition) is 1. The second-order valence-corrected chi connectivity index (χ2v) is 5.58. The highest BCUT2D eigenvalue weighted by atomic mass is 127. The molecule has 0 aliphatic carbocycles. The summed E-state index contributed by atoms with van der Waals surface area (Å²) in [5.74, 6) is -0.500. The van der Waals surface area contributed by atoms with E-state index in [0.717, 1.165) is 20.4 Å². The van der Waals surface area contributed by atoms with E-state index in [1.54, 1.807) is 18.2 Å². The fraction of sp³-hybridized carbons (Fsp3) is 0.0625. The van der Waals surface area contributed by atoms with Gasteiger partial charge in [-0.1, -0.05) is 12.1 Å². The number of hydrogen-bond acceptors (Lipinski definition) is 1. The molecule has 20 heavy (non-hydrogen) atoms. The van der Waals surface area contributed by atoms with Gasteiger partial charge < -0.3 is 5.32 Å². The van der Waals surface area contributed by atoms with E-state index in [1.165, 1.54) is 18.2 Å². The Balaban J connectivity index is 2.03. The van der Waals surface area contributed by atoms with Crippen LogP contribution in [-0.4, -0.2) is 5.91 Å². The highest BCUT2D eigenvalue weighted by Gasteiger charge is 2.02. The molecule has 102 valence electrons. The summed E-state index contributed by atoms with van der Waals surface area (Å²) in [6, 6.07) is 11.8. The molecule has 0 unspecified atom stereocenters. The van der Waals surface area contributed by atoms with Crippen molar-refractivity contribution in [3.8, 4) is 0 Å². The predicted molar refractivity (Wildman–Crippen MR) is 88.0 cm³/mol. The molecule has 0 bridgehead atoms. The van der Waals surface area contributed by atoms with Crippen LogP contribution in [0.2, 0.25) is 0 Å². The summed E-state index contributed by atoms with van der Waals surface area (Å²) in [5, 5.41) is 2.82. The molecule has 0 aromatic heterocycles. The smallest absolute Gasteiger partial charge is 0.248 e. The molecule has 0 saturated heterocycles. The number of nitrogens with one attached hydrogen (secondary N) is 1. The number of benzene rings is 2. The van der Waals surface area contributed by atoms with Gasteiger partial charge in [0.05, 0.1) is 0 Å². The second kappa shape index (κ2) is 6.65. The summed E-state index contributed by atoms with van der Waals surface area (Å²) in [7, 11) is 0. The summed E-state index contributed by atoms with van der Waals surface area (Å²) in [6.07, 6.45) is 3.08. The maximum Gasteiger partial charge on any atom is 0.248 e. The molecule has 1 N–H and O–H groups in total. The Bertz CT molecular complexity index is 650. The van der Waals surface area contributed by atoms with Crippen LogP contribution in [0.4, 0.5) is 10.1 Å². The molecule has 0 atom stereocenters. The summed E-state index contributed by atoms with van der Waals surface area (Å²) >= 11 is 2.23. The number of carbonyl (C=O) groups excluding carboxylic acids is 1. The van der Waals surface area contributed by atoms with Crippen molar-refractivity contribution in [3.63, 3.8) is 0 Å². The van der Waals surface area contributed by atoms with Crippen LogP contribution in [-0.2, 0) is 4.79 Å². The van der Waals surface area contributed by atoms with Gasteiger partial charge in [-0.15, -0.1) is 0 Å². The summed E-state index contributed by atoms with van der Waals surface area (Å²) in [6.45, 7) is 1.95. The van der Waals surface area contributed by atoms with Crippen LogP contribution in [0.15, 0.2) is 48.5 Å². The van der Waals surface area contributed by atoms with E-state index in [4.69, 9.17) is 0 Å². The summed E-state index contributed by atoms with van der Waals surface area (Å²) < 4.78 is 13.9. The normalized spacial score (nSPS) is 10.8. The third kappa shape index (κ3) is 4.16. The lowest BCUT2D eigenvalue weighted by Gasteiger charge is -2.06. The van der Waals surface area contributed by atoms with Crippen molar-refractivity contribution in [1.82, 2.24) is 0 Å². The number of halogens is 2. The van der Waals surface area contributed by atoms with Crippen molar-refractivity contribution >= 4 is 40.3 Å². The Morgan fingerprint density at radius 2 is 1.90 bits per heavy atom. The SMILES string of the molecule is Cc1cc(I)ccc1NC(=O)/C=C/c1ccc(F)cc1. The molecule has 1 amide bonds. The van der Waals surface area contributed by atoms with E-state index >= 15 is 0 Å². The molecule has 4 heteroatoms. The van der Waals surface area contributed by atoms with Gasteiger partial charge in [-0.2, -0.15) is 0 Å². The lowest BCUT2D eigenvalue weighted by Crippen LogP contribution is -2.08. The number of aryl methyl sites for hydroxylation is 1. The van der Waals surface area contributed by atoms with Crippen molar-refractivity contribution in [2.75, 3.05) is 5.32 Å². The van der Waals surface area contributed by atoms with Gasteiger partial charge in [-0.25, -0.2) is 4.39 Å². The highest BCUT2D eigenvalue weighted by Crippen LogP contribution is 2.17. The van der Waals surface area contributed by atoms with Crippen LogP contribution in [0.5, 0.6) is 0 Å². The Hall–Kier alpha value is -1.69. The second-order valence-electron chi connectivity index (χ2n) is 4.33. The highest BCUT2D eigenvalue weighted by molar-refractivity contribution is 14.1. The average Bonchev–Trinajstić information content (AvgIpc) is 2.41. The van der Waals surface area contributed by atoms with Crippen LogP contribution < -0.4 is 5.32 Å². The lowest BCUT2D eigenvalue weighted by atomic mass is 10.2. The van der Waals surface area contributed by atoms with Crippen molar-refractivity contribution in [2.45, 2.75) is 6.92 Å². The van der Waals surface area contributed by atoms with Gasteiger partial charge in [-0.05, 0) is 77.0 Å². The standard InChI is InChI=1S/C16H13FINO/c1-11-10-14(18)7-8-15(11)19-16(20)9-4-12-2-5-13(17)6-3-12/h2-10H,1H3,(H,19,20)/b9-4+. The molecule has 0 aliphatic heterocycles. The lowest BCUT2D eigenvalue weighted by molar-refractivity contribution is -0.111. The van der Waals surface area contributed by atoms with E-state index in [0.29, 0.717) is 0 Å². The van der Waals surface area contributed by atoms with Crippen LogP contribution in [0.1, 0.15) is 11.1 Å². The van der Waals surface area contributed by atoms with Crippen LogP contribution >= 0.6 is 22.6 Å². The molecule has 0 heterocycles. The van der Waals surface area contributed by atoms with Gasteiger partial charge >= 0.3 is 0 Å². The minimum absolute atomic E-state index is 0.210. The predicted octanol–water partition coefficient (Wildman–Crippen LogP) is 4.39. The Morgan fingerprint density at radius 1 is 1.20 bits per heavy atom. The molecule has 0 aliphatic rings. The van der Waals surface area contributed by atoms with Gasteiger partial charge in [0, 0.05) is 15.3 Å². The number of rotatable bonds is 3. The van der Waals surface area contributed by atoms with Crippen molar-refractivity contribution in [2.24, 2.45) is 0 Å². The van der Waals surface area contributed by atoms with Crippen molar-refractivity contribution in [3.05, 3.63) is 69.1 Å². The minimum Gasteiger partial charge on any atom is -0.322 e. The zero-order valence-electron chi connectivity index (χ0n) is 10.9. The molecular weight excluding hydrogens is 368 g/mol. The molecule has 0 radical (unpaired) electrons. The third-order valence-electron chi connectivity index (χ3n) is 2.74. The van der Waals surface area contributed by atoms with Crippen molar-refractivity contribution in [1.29, 1.82) is 0 Å². The van der Waals surface area contributed by atoms with Gasteiger partial charge in [0.2, 0.25) is 5.91 Å². The monoisotopic (exact) mass is 381 g/mol. The van der Waals surface area contributed by atoms with E-state index in [9.17, 15) is 9.18 Å². The van der Waals surface area contributed by atoms with Crippen LogP contribution in [0.25, 0.3) is 6.08 Å². The molecule has 0 saturated carbocycles. The fourth-order valence-corrected chi connectivity index (χ4v) is 2.33. The van der Waals surface area contributed by atoms with Crippen molar-refractivity contribution < 1.29 is 9.18 Å². The van der Waals surface area contributed by atoms with E-state index in [1.807, 2.05) is 25.1 Å². The summed E-state index contributed by atoms with van der Waals surface area (Å²) in [5.41, 5.74) is 2.58. The molecular formula is C16H13FINO. The van der Waals surface area contributed by atoms with Gasteiger partial charge in [0.1, 0.15) is 5.82 Å². The maximum absolute atomic E-state index is 12.7. The van der Waals surface area contributed by atoms with E-state index in [2.05, 4.69) is 27.9 Å². The third-order valence-corrected chi connectivity index (χ3v) is 3.41. The summed E-state index contributed by atoms with van der Waals surface area (Å²) in [4.78, 5) is 11.8.